The zero-order valence-electron chi connectivity index (χ0n) is 19.1. The summed E-state index contributed by atoms with van der Waals surface area (Å²) >= 11 is 1.62. The molecule has 0 saturated carbocycles. The lowest BCUT2D eigenvalue weighted by molar-refractivity contribution is 0.0692. The molecule has 172 valence electrons. The van der Waals surface area contributed by atoms with E-state index in [2.05, 4.69) is 46.2 Å². The predicted octanol–water partition coefficient (Wildman–Crippen LogP) is 3.56. The molecule has 1 atom stereocenters. The average molecular weight is 472 g/mol. The highest BCUT2D eigenvalue weighted by Crippen LogP contribution is 2.38. The zero-order valence-corrected chi connectivity index (χ0v) is 19.9. The van der Waals surface area contributed by atoms with Gasteiger partial charge in [-0.15, -0.1) is 11.3 Å². The summed E-state index contributed by atoms with van der Waals surface area (Å²) in [5, 5.41) is 5.39. The summed E-state index contributed by atoms with van der Waals surface area (Å²) in [6, 6.07) is 11.8. The Hall–Kier alpha value is -3.56. The standard InChI is InChI=1S/C25H25N7OS/c1-30(2)11-9-16-7-8-20-17(13-28-32(20)14-16)25(33)31-12-10-19-22(27-15-26-19)23(31)24-29-18-5-3-4-6-21(18)34-24/h3-8,13-15,23H,9-12H2,1-2H3,(H,26,27)/t23-/m0/s1. The van der Waals surface area contributed by atoms with Crippen molar-refractivity contribution in [3.05, 3.63) is 82.6 Å². The molecular weight excluding hydrogens is 446 g/mol. The average Bonchev–Trinajstić information content (AvgIpc) is 3.58. The first-order valence-electron chi connectivity index (χ1n) is 11.4. The SMILES string of the molecule is CN(C)CCc1ccc2c(C(=O)N3CCc4[nH]cnc4[C@H]3c3nc4ccccc4s3)cnn2c1. The highest BCUT2D eigenvalue weighted by atomic mass is 32.1. The first-order chi connectivity index (χ1) is 16.6. The lowest BCUT2D eigenvalue weighted by Gasteiger charge is -2.33. The minimum atomic E-state index is -0.325. The first kappa shape index (κ1) is 21.0. The predicted molar refractivity (Wildman–Crippen MR) is 132 cm³/mol. The molecule has 1 amide bonds. The van der Waals surface area contributed by atoms with Crippen LogP contribution in [0.3, 0.4) is 0 Å². The van der Waals surface area contributed by atoms with Crippen LogP contribution in [-0.4, -0.2) is 67.5 Å². The van der Waals surface area contributed by atoms with Gasteiger partial charge in [0.25, 0.3) is 5.91 Å². The number of carbonyl (C=O) groups excluding carboxylic acids is 1. The second-order valence-corrected chi connectivity index (χ2v) is 9.98. The van der Waals surface area contributed by atoms with Gasteiger partial charge in [-0.2, -0.15) is 5.10 Å². The number of benzene rings is 1. The smallest absolute Gasteiger partial charge is 0.258 e. The monoisotopic (exact) mass is 471 g/mol. The highest BCUT2D eigenvalue weighted by molar-refractivity contribution is 7.18. The van der Waals surface area contributed by atoms with Crippen LogP contribution in [0.15, 0.2) is 55.1 Å². The molecule has 6 rings (SSSR count). The van der Waals surface area contributed by atoms with Crippen molar-refractivity contribution in [2.24, 2.45) is 0 Å². The van der Waals surface area contributed by atoms with Crippen LogP contribution in [0.1, 0.15) is 38.4 Å². The minimum Gasteiger partial charge on any atom is -0.348 e. The number of fused-ring (bicyclic) bond motifs is 3. The lowest BCUT2D eigenvalue weighted by Crippen LogP contribution is -2.40. The van der Waals surface area contributed by atoms with Crippen LogP contribution < -0.4 is 0 Å². The molecule has 9 heteroatoms. The van der Waals surface area contributed by atoms with Crippen LogP contribution in [-0.2, 0) is 12.8 Å². The van der Waals surface area contributed by atoms with Crippen molar-refractivity contribution >= 4 is 33.0 Å². The Balaban J connectivity index is 1.38. The number of aromatic nitrogens is 5. The number of amides is 1. The van der Waals surface area contributed by atoms with Gasteiger partial charge in [0.05, 0.1) is 39.5 Å². The fourth-order valence-corrected chi connectivity index (χ4v) is 5.68. The van der Waals surface area contributed by atoms with Crippen molar-refractivity contribution in [3.8, 4) is 0 Å². The molecule has 0 aliphatic carbocycles. The van der Waals surface area contributed by atoms with E-state index in [1.807, 2.05) is 39.9 Å². The molecule has 1 aromatic carbocycles. The van der Waals surface area contributed by atoms with Crippen LogP contribution in [0.4, 0.5) is 0 Å². The quantitative estimate of drug-likeness (QED) is 0.424. The van der Waals surface area contributed by atoms with Crippen LogP contribution in [0.2, 0.25) is 0 Å². The molecule has 0 radical (unpaired) electrons. The largest absolute Gasteiger partial charge is 0.348 e. The van der Waals surface area contributed by atoms with E-state index in [0.29, 0.717) is 12.1 Å². The van der Waals surface area contributed by atoms with E-state index in [-0.39, 0.29) is 11.9 Å². The topological polar surface area (TPSA) is 82.4 Å². The molecule has 0 fully saturated rings. The Kier molecular flexibility index (Phi) is 5.15. The maximum Gasteiger partial charge on any atom is 0.258 e. The van der Waals surface area contributed by atoms with Gasteiger partial charge in [0.15, 0.2) is 0 Å². The molecule has 0 unspecified atom stereocenters. The van der Waals surface area contributed by atoms with E-state index in [9.17, 15) is 4.79 Å². The van der Waals surface area contributed by atoms with E-state index >= 15 is 0 Å². The number of aromatic amines is 1. The van der Waals surface area contributed by atoms with Crippen LogP contribution in [0.5, 0.6) is 0 Å². The third-order valence-electron chi connectivity index (χ3n) is 6.39. The number of rotatable bonds is 5. The van der Waals surface area contributed by atoms with Crippen LogP contribution >= 0.6 is 11.3 Å². The molecule has 4 aromatic heterocycles. The Bertz CT molecular complexity index is 1460. The van der Waals surface area contributed by atoms with Gasteiger partial charge in [0, 0.05) is 31.4 Å². The number of likely N-dealkylation sites (N-methyl/N-ethyl adjacent to an activating group) is 1. The second-order valence-electron chi connectivity index (χ2n) is 8.92. The summed E-state index contributed by atoms with van der Waals surface area (Å²) in [7, 11) is 4.13. The van der Waals surface area contributed by atoms with E-state index in [1.165, 1.54) is 5.56 Å². The van der Waals surface area contributed by atoms with E-state index < -0.39 is 0 Å². The van der Waals surface area contributed by atoms with Gasteiger partial charge in [-0.1, -0.05) is 18.2 Å². The van der Waals surface area contributed by atoms with Gasteiger partial charge in [0.1, 0.15) is 11.0 Å². The second kappa shape index (κ2) is 8.34. The Labute approximate surface area is 200 Å². The number of imidazole rings is 1. The van der Waals surface area contributed by atoms with Gasteiger partial charge >= 0.3 is 0 Å². The summed E-state index contributed by atoms with van der Waals surface area (Å²) in [4.78, 5) is 30.7. The molecule has 5 heterocycles. The van der Waals surface area contributed by atoms with Crippen molar-refractivity contribution in [1.29, 1.82) is 0 Å². The van der Waals surface area contributed by atoms with Crippen molar-refractivity contribution in [2.45, 2.75) is 18.9 Å². The summed E-state index contributed by atoms with van der Waals surface area (Å²) in [6.45, 7) is 1.55. The molecule has 0 spiro atoms. The van der Waals surface area contributed by atoms with Crippen molar-refractivity contribution < 1.29 is 4.79 Å². The van der Waals surface area contributed by atoms with Gasteiger partial charge in [-0.05, 0) is 44.3 Å². The Morgan fingerprint density at radius 1 is 1.24 bits per heavy atom. The van der Waals surface area contributed by atoms with Gasteiger partial charge < -0.3 is 14.8 Å². The number of carbonyl (C=O) groups is 1. The van der Waals surface area contributed by atoms with Crippen LogP contribution in [0.25, 0.3) is 15.7 Å². The van der Waals surface area contributed by atoms with Crippen molar-refractivity contribution in [2.75, 3.05) is 27.2 Å². The third kappa shape index (κ3) is 3.57. The number of thiazole rings is 1. The van der Waals surface area contributed by atoms with E-state index in [0.717, 1.165) is 51.5 Å². The molecule has 0 saturated heterocycles. The molecule has 1 N–H and O–H groups in total. The number of para-hydroxylation sites is 1. The van der Waals surface area contributed by atoms with Crippen LogP contribution in [0, 0.1) is 0 Å². The third-order valence-corrected chi connectivity index (χ3v) is 7.47. The maximum absolute atomic E-state index is 13.9. The number of nitrogens with one attached hydrogen (secondary N) is 1. The fraction of sp³-hybridized carbons (Fsp3) is 0.280. The summed E-state index contributed by atoms with van der Waals surface area (Å²) in [5.41, 5.74) is 5.49. The Morgan fingerprint density at radius 2 is 2.12 bits per heavy atom. The van der Waals surface area contributed by atoms with Gasteiger partial charge in [-0.25, -0.2) is 14.5 Å². The first-order valence-corrected chi connectivity index (χ1v) is 12.2. The molecular formula is C25H25N7OS. The summed E-state index contributed by atoms with van der Waals surface area (Å²) < 4.78 is 2.92. The number of pyridine rings is 1. The van der Waals surface area contributed by atoms with E-state index in [4.69, 9.17) is 4.98 Å². The fourth-order valence-electron chi connectivity index (χ4n) is 4.60. The van der Waals surface area contributed by atoms with Gasteiger partial charge in [0.2, 0.25) is 0 Å². The number of nitrogens with zero attached hydrogens (tertiary/aromatic N) is 6. The zero-order chi connectivity index (χ0) is 23.2. The van der Waals surface area contributed by atoms with Crippen molar-refractivity contribution in [3.63, 3.8) is 0 Å². The minimum absolute atomic E-state index is 0.0473. The summed E-state index contributed by atoms with van der Waals surface area (Å²) in [6.07, 6.45) is 7.07. The number of hydrogen-bond donors (Lipinski definition) is 1. The molecule has 8 nitrogen and oxygen atoms in total. The molecule has 1 aliphatic heterocycles. The molecule has 0 bridgehead atoms. The van der Waals surface area contributed by atoms with E-state index in [1.54, 1.807) is 23.9 Å². The number of hydrogen-bond acceptors (Lipinski definition) is 6. The molecule has 34 heavy (non-hydrogen) atoms. The van der Waals surface area contributed by atoms with Gasteiger partial charge in [-0.3, -0.25) is 4.79 Å². The van der Waals surface area contributed by atoms with Crippen molar-refractivity contribution in [1.82, 2.24) is 34.4 Å². The highest BCUT2D eigenvalue weighted by Gasteiger charge is 2.37. The normalized spacial score (nSPS) is 16.0. The maximum atomic E-state index is 13.9. The number of H-pyrrole nitrogens is 1. The molecule has 1 aliphatic rings. The molecule has 5 aromatic rings. The Morgan fingerprint density at radius 3 is 2.97 bits per heavy atom. The lowest BCUT2D eigenvalue weighted by atomic mass is 10.0. The summed E-state index contributed by atoms with van der Waals surface area (Å²) in [5.74, 6) is -0.0473.